The highest BCUT2D eigenvalue weighted by Gasteiger charge is 2.27. The first-order chi connectivity index (χ1) is 10.2. The number of benzene rings is 1. The van der Waals surface area contributed by atoms with E-state index in [9.17, 15) is 13.2 Å². The van der Waals surface area contributed by atoms with Crippen LogP contribution in [0.25, 0.3) is 0 Å². The summed E-state index contributed by atoms with van der Waals surface area (Å²) in [5.41, 5.74) is 0.500. The van der Waals surface area contributed by atoms with E-state index in [2.05, 4.69) is 9.81 Å². The van der Waals surface area contributed by atoms with Gasteiger partial charge in [-0.05, 0) is 49.9 Å². The molecule has 10 heteroatoms. The van der Waals surface area contributed by atoms with E-state index in [-0.39, 0.29) is 24.0 Å². The molecule has 0 heterocycles. The number of hydrogen-bond donors (Lipinski definition) is 2. The van der Waals surface area contributed by atoms with Gasteiger partial charge in [-0.1, -0.05) is 0 Å². The molecule has 1 amide bonds. The lowest BCUT2D eigenvalue weighted by molar-refractivity contribution is -0.114. The molecule has 0 saturated carbocycles. The van der Waals surface area contributed by atoms with Gasteiger partial charge in [0.05, 0.1) is 18.1 Å². The lowest BCUT2D eigenvalue weighted by atomic mass is 10.3. The summed E-state index contributed by atoms with van der Waals surface area (Å²) < 4.78 is 37.5. The summed E-state index contributed by atoms with van der Waals surface area (Å²) in [6, 6.07) is 5.71. The van der Waals surface area contributed by atoms with Crippen molar-refractivity contribution in [2.45, 2.75) is 25.7 Å². The lowest BCUT2D eigenvalue weighted by Gasteiger charge is -2.21. The minimum atomic E-state index is -3.88. The summed E-state index contributed by atoms with van der Waals surface area (Å²) in [5, 5.41) is 2.56. The van der Waals surface area contributed by atoms with E-state index in [1.165, 1.54) is 31.2 Å². The van der Waals surface area contributed by atoms with E-state index in [0.29, 0.717) is 5.69 Å². The number of amides is 1. The van der Waals surface area contributed by atoms with Crippen LogP contribution in [0.5, 0.6) is 0 Å². The molecule has 1 aromatic carbocycles. The fraction of sp³-hybridized carbons (Fsp3) is 0.417. The maximum absolute atomic E-state index is 12.3. The van der Waals surface area contributed by atoms with Crippen molar-refractivity contribution >= 4 is 40.1 Å². The molecule has 0 saturated heterocycles. The molecule has 124 valence electrons. The molecule has 1 rings (SSSR count). The van der Waals surface area contributed by atoms with Gasteiger partial charge in [-0.15, -0.1) is 4.49 Å². The third-order valence-corrected chi connectivity index (χ3v) is 7.56. The fourth-order valence-corrected chi connectivity index (χ4v) is 6.34. The Morgan fingerprint density at radius 2 is 1.68 bits per heavy atom. The molecule has 0 spiro atoms. The Kier molecular flexibility index (Phi) is 7.11. The Labute approximate surface area is 135 Å². The first kappa shape index (κ1) is 19.2. The molecular weight excluding hydrogens is 347 g/mol. The van der Waals surface area contributed by atoms with E-state index >= 15 is 0 Å². The molecule has 7 nitrogen and oxygen atoms in total. The fourth-order valence-electron chi connectivity index (χ4n) is 1.55. The van der Waals surface area contributed by atoms with Crippen molar-refractivity contribution in [3.8, 4) is 0 Å². The Morgan fingerprint density at radius 1 is 1.18 bits per heavy atom. The second kappa shape index (κ2) is 8.14. The van der Waals surface area contributed by atoms with Crippen LogP contribution in [0.1, 0.15) is 20.8 Å². The molecule has 1 aromatic rings. The van der Waals surface area contributed by atoms with Crippen molar-refractivity contribution in [2.75, 3.05) is 18.5 Å². The van der Waals surface area contributed by atoms with Crippen molar-refractivity contribution in [1.82, 2.24) is 4.49 Å². The van der Waals surface area contributed by atoms with Crippen molar-refractivity contribution in [2.24, 2.45) is 0 Å². The summed E-state index contributed by atoms with van der Waals surface area (Å²) >= 11 is 5.15. The summed E-state index contributed by atoms with van der Waals surface area (Å²) in [6.07, 6.45) is 0. The zero-order valence-corrected chi connectivity index (χ0v) is 15.1. The van der Waals surface area contributed by atoms with E-state index in [0.717, 1.165) is 0 Å². The highest BCUT2D eigenvalue weighted by atomic mass is 32.5. The standard InChI is InChI=1S/C12H19N2O5PS2/c1-4-18-20(21,19-5-2)14-22(16,17)12-8-6-11(7-9-12)13-10(3)15/h6-9H,4-5H2,1-3H3,(H,13,15)(H,14,21). The molecule has 0 aliphatic carbocycles. The maximum atomic E-state index is 12.3. The summed E-state index contributed by atoms with van der Waals surface area (Å²) in [4.78, 5) is 11.0. The smallest absolute Gasteiger partial charge is 0.275 e. The van der Waals surface area contributed by atoms with Crippen LogP contribution in [0.3, 0.4) is 0 Å². The van der Waals surface area contributed by atoms with Crippen LogP contribution < -0.4 is 9.81 Å². The summed E-state index contributed by atoms with van der Waals surface area (Å²) in [6.45, 7) is 2.14. The zero-order valence-electron chi connectivity index (χ0n) is 12.5. The molecule has 0 unspecified atom stereocenters. The molecule has 0 aromatic heterocycles. The van der Waals surface area contributed by atoms with E-state index in [1.54, 1.807) is 13.8 Å². The monoisotopic (exact) mass is 366 g/mol. The Balaban J connectivity index is 2.98. The average Bonchev–Trinajstić information content (AvgIpc) is 2.38. The number of rotatable bonds is 8. The van der Waals surface area contributed by atoms with Crippen molar-refractivity contribution in [3.63, 3.8) is 0 Å². The molecule has 0 atom stereocenters. The largest absolute Gasteiger partial charge is 0.326 e. The van der Waals surface area contributed by atoms with Gasteiger partial charge in [-0.2, -0.15) is 0 Å². The van der Waals surface area contributed by atoms with E-state index in [1.807, 2.05) is 0 Å². The van der Waals surface area contributed by atoms with Crippen LogP contribution >= 0.6 is 6.64 Å². The molecule has 22 heavy (non-hydrogen) atoms. The normalized spacial score (nSPS) is 12.1. The average molecular weight is 366 g/mol. The number of hydrogen-bond acceptors (Lipinski definition) is 6. The van der Waals surface area contributed by atoms with Crippen molar-refractivity contribution in [1.29, 1.82) is 0 Å². The maximum Gasteiger partial charge on any atom is 0.275 e. The van der Waals surface area contributed by atoms with Gasteiger partial charge in [0.25, 0.3) is 6.64 Å². The number of carbonyl (C=O) groups is 1. The molecule has 0 fully saturated rings. The predicted octanol–water partition coefficient (Wildman–Crippen LogP) is 2.22. The number of sulfonamides is 1. The van der Waals surface area contributed by atoms with Crippen molar-refractivity contribution in [3.05, 3.63) is 24.3 Å². The van der Waals surface area contributed by atoms with Crippen LogP contribution in [0, 0.1) is 0 Å². The molecular formula is C12H19N2O5PS2. The van der Waals surface area contributed by atoms with Gasteiger partial charge in [-0.25, -0.2) is 8.42 Å². The Morgan fingerprint density at radius 3 is 2.09 bits per heavy atom. The summed E-state index contributed by atoms with van der Waals surface area (Å²) in [7, 11) is -3.88. The van der Waals surface area contributed by atoms with Crippen LogP contribution in [-0.2, 0) is 35.7 Å². The van der Waals surface area contributed by atoms with Gasteiger partial charge in [0.15, 0.2) is 0 Å². The van der Waals surface area contributed by atoms with E-state index in [4.69, 9.17) is 20.9 Å². The van der Waals surface area contributed by atoms with Gasteiger partial charge in [0, 0.05) is 12.6 Å². The molecule has 2 N–H and O–H groups in total. The first-order valence-electron chi connectivity index (χ1n) is 6.53. The van der Waals surface area contributed by atoms with Gasteiger partial charge in [-0.3, -0.25) is 4.79 Å². The predicted molar refractivity (Wildman–Crippen MR) is 88.6 cm³/mol. The van der Waals surface area contributed by atoms with E-state index < -0.39 is 16.7 Å². The van der Waals surface area contributed by atoms with Crippen LogP contribution in [0.4, 0.5) is 5.69 Å². The molecule has 0 aliphatic heterocycles. The van der Waals surface area contributed by atoms with Gasteiger partial charge >= 0.3 is 0 Å². The third-order valence-electron chi connectivity index (χ3n) is 2.32. The minimum absolute atomic E-state index is 0.00948. The van der Waals surface area contributed by atoms with Gasteiger partial charge in [0.1, 0.15) is 0 Å². The van der Waals surface area contributed by atoms with Gasteiger partial charge < -0.3 is 14.4 Å². The Bertz CT molecular complexity index is 651. The minimum Gasteiger partial charge on any atom is -0.326 e. The third kappa shape index (κ3) is 5.75. The first-order valence-corrected chi connectivity index (χ1v) is 10.7. The van der Waals surface area contributed by atoms with Crippen LogP contribution in [0.2, 0.25) is 0 Å². The van der Waals surface area contributed by atoms with Crippen molar-refractivity contribution < 1.29 is 22.3 Å². The number of carbonyl (C=O) groups excluding carboxylic acids is 1. The second-order valence-corrected chi connectivity index (χ2v) is 9.30. The highest BCUT2D eigenvalue weighted by Crippen LogP contribution is 2.45. The number of nitrogens with one attached hydrogen (secondary N) is 2. The zero-order chi connectivity index (χ0) is 16.8. The number of anilines is 1. The van der Waals surface area contributed by atoms with Crippen LogP contribution in [0.15, 0.2) is 29.2 Å². The molecule has 0 aliphatic rings. The van der Waals surface area contributed by atoms with Gasteiger partial charge in [0.2, 0.25) is 15.9 Å². The van der Waals surface area contributed by atoms with Crippen LogP contribution in [-0.4, -0.2) is 27.5 Å². The topological polar surface area (TPSA) is 93.7 Å². The SMILES string of the molecule is CCOP(=S)(NS(=O)(=O)c1ccc(NC(C)=O)cc1)OCC. The quantitative estimate of drug-likeness (QED) is 0.685. The molecule has 0 bridgehead atoms. The lowest BCUT2D eigenvalue weighted by Crippen LogP contribution is -2.23. The summed E-state index contributed by atoms with van der Waals surface area (Å²) in [5.74, 6) is -0.239. The Hall–Kier alpha value is -0.830. The second-order valence-electron chi connectivity index (χ2n) is 4.13. The highest BCUT2D eigenvalue weighted by molar-refractivity contribution is 8.14. The molecule has 0 radical (unpaired) electrons.